The summed E-state index contributed by atoms with van der Waals surface area (Å²) in [6.45, 7) is 0. The predicted molar refractivity (Wildman–Crippen MR) is 75.3 cm³/mol. The van der Waals surface area contributed by atoms with Crippen LogP contribution in [0.25, 0.3) is 0 Å². The van der Waals surface area contributed by atoms with Gasteiger partial charge in [0.05, 0.1) is 0 Å². The number of rotatable bonds is 0. The van der Waals surface area contributed by atoms with Gasteiger partial charge in [0.25, 0.3) is 0 Å². The summed E-state index contributed by atoms with van der Waals surface area (Å²) in [5.41, 5.74) is 2.58. The fourth-order valence-electron chi connectivity index (χ4n) is 2.25. The number of hydrogen-bond acceptors (Lipinski definition) is 0. The Balaban J connectivity index is 0.000000333. The summed E-state index contributed by atoms with van der Waals surface area (Å²) in [6, 6.07) is 0. The summed E-state index contributed by atoms with van der Waals surface area (Å²) in [5.74, 6) is 1.05. The third-order valence-electron chi connectivity index (χ3n) is 3.24. The SMILES string of the molecule is [C-]1=CC=CC2C=CC=C12.[C-]1=CC=CC2C=CC=C12.[Cl-].[Cl-].[Ti+4]. The van der Waals surface area contributed by atoms with Crippen molar-refractivity contribution in [3.8, 4) is 0 Å². The van der Waals surface area contributed by atoms with Crippen LogP contribution in [0.5, 0.6) is 0 Å². The van der Waals surface area contributed by atoms with Crippen LogP contribution in [0.15, 0.2) is 84.1 Å². The van der Waals surface area contributed by atoms with Gasteiger partial charge in [0.2, 0.25) is 0 Å². The van der Waals surface area contributed by atoms with E-state index in [1.165, 1.54) is 11.1 Å². The molecule has 0 saturated carbocycles. The van der Waals surface area contributed by atoms with Gasteiger partial charge in [-0.3, -0.25) is 0 Å². The van der Waals surface area contributed by atoms with Crippen molar-refractivity contribution in [2.45, 2.75) is 0 Å². The molecule has 0 radical (unpaired) electrons. The van der Waals surface area contributed by atoms with Gasteiger partial charge in [-0.05, 0) is 11.8 Å². The van der Waals surface area contributed by atoms with E-state index in [1.54, 1.807) is 0 Å². The molecule has 0 spiro atoms. The largest absolute Gasteiger partial charge is 4.00 e. The van der Waals surface area contributed by atoms with Crippen molar-refractivity contribution in [1.82, 2.24) is 0 Å². The van der Waals surface area contributed by atoms with E-state index >= 15 is 0 Å². The summed E-state index contributed by atoms with van der Waals surface area (Å²) < 4.78 is 0. The van der Waals surface area contributed by atoms with Crippen LogP contribution in [0.4, 0.5) is 0 Å². The molecule has 0 aliphatic heterocycles. The standard InChI is InChI=1S/2C9H7.2ClH.Ti/c2*1-2-5-9-7-3-6-8(9)4-1;;;/h2*1-4,6-8H;2*1H;/q2*-1;;;+4/p-2. The van der Waals surface area contributed by atoms with E-state index in [-0.39, 0.29) is 46.5 Å². The van der Waals surface area contributed by atoms with Crippen LogP contribution in [0.3, 0.4) is 0 Å². The zero-order valence-electron chi connectivity index (χ0n) is 11.3. The molecule has 0 N–H and O–H groups in total. The third-order valence-corrected chi connectivity index (χ3v) is 3.24. The van der Waals surface area contributed by atoms with Crippen LogP contribution < -0.4 is 24.8 Å². The van der Waals surface area contributed by atoms with Crippen molar-refractivity contribution >= 4 is 0 Å². The first-order valence-corrected chi connectivity index (χ1v) is 6.23. The Morgan fingerprint density at radius 3 is 1.38 bits per heavy atom. The second-order valence-electron chi connectivity index (χ2n) is 4.46. The molecular weight excluding hydrogens is 335 g/mol. The molecule has 0 bridgehead atoms. The summed E-state index contributed by atoms with van der Waals surface area (Å²) in [6.07, 6.45) is 31.4. The molecule has 4 aliphatic rings. The number of fused-ring (bicyclic) bond motifs is 2. The van der Waals surface area contributed by atoms with Crippen molar-refractivity contribution in [3.63, 3.8) is 0 Å². The van der Waals surface area contributed by atoms with Gasteiger partial charge >= 0.3 is 21.7 Å². The maximum absolute atomic E-state index is 3.17. The molecule has 0 saturated heterocycles. The van der Waals surface area contributed by atoms with E-state index in [2.05, 4.69) is 60.8 Å². The Morgan fingerprint density at radius 1 is 0.619 bits per heavy atom. The monoisotopic (exact) mass is 348 g/mol. The molecule has 4 aliphatic carbocycles. The Labute approximate surface area is 154 Å². The molecule has 0 aromatic carbocycles. The Morgan fingerprint density at radius 2 is 1.00 bits per heavy atom. The zero-order chi connectivity index (χ0) is 12.2. The molecule has 2 atom stereocenters. The van der Waals surface area contributed by atoms with Crippen molar-refractivity contribution < 1.29 is 46.5 Å². The van der Waals surface area contributed by atoms with E-state index in [4.69, 9.17) is 0 Å². The van der Waals surface area contributed by atoms with Gasteiger partial charge in [0, 0.05) is 0 Å². The van der Waals surface area contributed by atoms with Crippen LogP contribution in [-0.4, -0.2) is 0 Å². The molecule has 4 rings (SSSR count). The van der Waals surface area contributed by atoms with Crippen molar-refractivity contribution in [3.05, 3.63) is 96.2 Å². The maximum atomic E-state index is 3.17. The first-order valence-electron chi connectivity index (χ1n) is 6.23. The minimum absolute atomic E-state index is 0. The van der Waals surface area contributed by atoms with E-state index in [0.29, 0.717) is 11.8 Å². The molecule has 0 aromatic heterocycles. The van der Waals surface area contributed by atoms with E-state index < -0.39 is 0 Å². The summed E-state index contributed by atoms with van der Waals surface area (Å²) in [7, 11) is 0. The van der Waals surface area contributed by atoms with E-state index in [9.17, 15) is 0 Å². The number of halogens is 2. The smallest absolute Gasteiger partial charge is 1.00 e. The third kappa shape index (κ3) is 5.16. The molecule has 3 heteroatoms. The van der Waals surface area contributed by atoms with Crippen molar-refractivity contribution in [1.29, 1.82) is 0 Å². The van der Waals surface area contributed by atoms with Crippen molar-refractivity contribution in [2.24, 2.45) is 11.8 Å². The van der Waals surface area contributed by atoms with Gasteiger partial charge in [-0.25, -0.2) is 0 Å². The van der Waals surface area contributed by atoms with E-state index in [1.807, 2.05) is 24.3 Å². The van der Waals surface area contributed by atoms with Crippen molar-refractivity contribution in [2.75, 3.05) is 0 Å². The molecule has 0 aromatic rings. The average Bonchev–Trinajstić information content (AvgIpc) is 3.08. The Hall–Kier alpha value is -0.786. The van der Waals surface area contributed by atoms with Crippen LogP contribution >= 0.6 is 0 Å². The molecule has 21 heavy (non-hydrogen) atoms. The molecule has 0 heterocycles. The van der Waals surface area contributed by atoms with Gasteiger partial charge in [0.15, 0.2) is 0 Å². The number of hydrogen-bond donors (Lipinski definition) is 0. The second kappa shape index (κ2) is 10.0. The average molecular weight is 349 g/mol. The molecular formula is C18H14Cl2Ti. The van der Waals surface area contributed by atoms with Crippen LogP contribution in [0.2, 0.25) is 0 Å². The molecule has 104 valence electrons. The Bertz CT molecular complexity index is 520. The van der Waals surface area contributed by atoms with Crippen LogP contribution in [0.1, 0.15) is 0 Å². The summed E-state index contributed by atoms with van der Waals surface area (Å²) >= 11 is 0. The summed E-state index contributed by atoms with van der Waals surface area (Å²) in [5, 5.41) is 0. The van der Waals surface area contributed by atoms with Gasteiger partial charge in [-0.15, -0.1) is 24.3 Å². The van der Waals surface area contributed by atoms with E-state index in [0.717, 1.165) is 0 Å². The van der Waals surface area contributed by atoms with Gasteiger partial charge in [0.1, 0.15) is 0 Å². The van der Waals surface area contributed by atoms with Gasteiger partial charge in [-0.2, -0.15) is 59.8 Å². The quantitative estimate of drug-likeness (QED) is 0.353. The first-order chi connectivity index (χ1) is 8.93. The number of allylic oxidation sites excluding steroid dienone is 16. The fraction of sp³-hybridized carbons (Fsp3) is 0.111. The topological polar surface area (TPSA) is 0 Å². The molecule has 0 nitrogen and oxygen atoms in total. The summed E-state index contributed by atoms with van der Waals surface area (Å²) in [4.78, 5) is 0. The predicted octanol–water partition coefficient (Wildman–Crippen LogP) is -1.94. The van der Waals surface area contributed by atoms with Gasteiger partial charge in [-0.1, -0.05) is 12.2 Å². The normalized spacial score (nSPS) is 24.4. The zero-order valence-corrected chi connectivity index (χ0v) is 14.4. The molecule has 0 fully saturated rings. The molecule has 0 amide bonds. The van der Waals surface area contributed by atoms with Crippen LogP contribution in [0, 0.1) is 24.0 Å². The minimum atomic E-state index is 0. The maximum Gasteiger partial charge on any atom is 4.00 e. The Kier molecular flexibility index (Phi) is 9.65. The first kappa shape index (κ1) is 20.2. The van der Waals surface area contributed by atoms with Gasteiger partial charge < -0.3 is 24.8 Å². The fourth-order valence-corrected chi connectivity index (χ4v) is 2.25. The molecule has 2 unspecified atom stereocenters. The second-order valence-corrected chi connectivity index (χ2v) is 4.46. The van der Waals surface area contributed by atoms with Crippen LogP contribution in [-0.2, 0) is 21.7 Å². The minimum Gasteiger partial charge on any atom is -1.00 e.